The molecule has 2 aliphatic carbocycles. The first-order valence-corrected chi connectivity index (χ1v) is 10.8. The van der Waals surface area contributed by atoms with E-state index in [4.69, 9.17) is 16.6 Å². The molecule has 2 amide bonds. The van der Waals surface area contributed by atoms with E-state index in [9.17, 15) is 9.59 Å². The number of anilines is 1. The van der Waals surface area contributed by atoms with Crippen molar-refractivity contribution < 1.29 is 9.59 Å². The number of nitrogens with zero attached hydrogens (tertiary/aromatic N) is 3. The third-order valence-corrected chi connectivity index (χ3v) is 5.94. The van der Waals surface area contributed by atoms with Crippen LogP contribution in [0.15, 0.2) is 41.1 Å². The van der Waals surface area contributed by atoms with Crippen LogP contribution in [0.2, 0.25) is 0 Å². The van der Waals surface area contributed by atoms with Crippen LogP contribution in [0.3, 0.4) is 0 Å². The zero-order valence-electron chi connectivity index (χ0n) is 17.1. The first-order valence-electron chi connectivity index (χ1n) is 10.4. The zero-order valence-corrected chi connectivity index (χ0v) is 17.8. The highest BCUT2D eigenvalue weighted by atomic mass is 35.5. The van der Waals surface area contributed by atoms with E-state index in [0.717, 1.165) is 29.4 Å². The SMILES string of the molecule is CC1C=CC(Cl)=CC1NCc1cc(NC2CC2)n2ncc(/C=C3\CC(=O)NC3=O)c2n1. The molecule has 2 fully saturated rings. The first kappa shape index (κ1) is 20.0. The molecule has 0 spiro atoms. The Morgan fingerprint density at radius 2 is 2.19 bits per heavy atom. The summed E-state index contributed by atoms with van der Waals surface area (Å²) in [5.41, 5.74) is 2.63. The summed E-state index contributed by atoms with van der Waals surface area (Å²) in [4.78, 5) is 28.3. The van der Waals surface area contributed by atoms with E-state index in [0.29, 0.717) is 35.3 Å². The second kappa shape index (κ2) is 7.94. The van der Waals surface area contributed by atoms with E-state index in [2.05, 4.69) is 34.0 Å². The van der Waals surface area contributed by atoms with Crippen molar-refractivity contribution in [2.24, 2.45) is 5.92 Å². The van der Waals surface area contributed by atoms with Gasteiger partial charge in [0.1, 0.15) is 5.82 Å². The van der Waals surface area contributed by atoms with Gasteiger partial charge in [0.15, 0.2) is 5.65 Å². The summed E-state index contributed by atoms with van der Waals surface area (Å²) in [5.74, 6) is 0.542. The van der Waals surface area contributed by atoms with E-state index in [-0.39, 0.29) is 24.3 Å². The van der Waals surface area contributed by atoms with E-state index >= 15 is 0 Å². The number of rotatable bonds is 6. The summed E-state index contributed by atoms with van der Waals surface area (Å²) in [6.07, 6.45) is 11.7. The Kier molecular flexibility index (Phi) is 5.11. The number of carbonyl (C=O) groups excluding carboxylic acids is 2. The molecule has 3 N–H and O–H groups in total. The van der Waals surface area contributed by atoms with E-state index < -0.39 is 0 Å². The molecule has 0 bridgehead atoms. The average Bonchev–Trinajstić information content (AvgIpc) is 3.37. The summed E-state index contributed by atoms with van der Waals surface area (Å²) >= 11 is 6.17. The van der Waals surface area contributed by atoms with Gasteiger partial charge >= 0.3 is 0 Å². The first-order chi connectivity index (χ1) is 15.0. The Morgan fingerprint density at radius 3 is 2.94 bits per heavy atom. The maximum Gasteiger partial charge on any atom is 0.254 e. The Morgan fingerprint density at radius 1 is 1.35 bits per heavy atom. The molecule has 3 aliphatic rings. The lowest BCUT2D eigenvalue weighted by molar-refractivity contribution is -0.124. The van der Waals surface area contributed by atoms with E-state index in [1.807, 2.05) is 18.2 Å². The van der Waals surface area contributed by atoms with Gasteiger partial charge in [-0.05, 0) is 37.0 Å². The molecule has 160 valence electrons. The average molecular weight is 439 g/mol. The van der Waals surface area contributed by atoms with Gasteiger partial charge in [-0.25, -0.2) is 4.98 Å². The molecule has 3 heterocycles. The molecule has 2 aromatic heterocycles. The van der Waals surface area contributed by atoms with Gasteiger partial charge in [-0.1, -0.05) is 24.6 Å². The van der Waals surface area contributed by atoms with Crippen LogP contribution in [-0.2, 0) is 16.1 Å². The highest BCUT2D eigenvalue weighted by Crippen LogP contribution is 2.27. The number of hydrogen-bond donors (Lipinski definition) is 3. The molecule has 5 rings (SSSR count). The van der Waals surface area contributed by atoms with Crippen LogP contribution in [0.5, 0.6) is 0 Å². The van der Waals surface area contributed by atoms with Gasteiger partial charge in [0.05, 0.1) is 18.3 Å². The highest BCUT2D eigenvalue weighted by molar-refractivity contribution is 6.31. The van der Waals surface area contributed by atoms with Gasteiger partial charge in [-0.15, -0.1) is 0 Å². The minimum atomic E-state index is -0.360. The van der Waals surface area contributed by atoms with Crippen molar-refractivity contribution in [1.82, 2.24) is 25.2 Å². The Balaban J connectivity index is 1.46. The fourth-order valence-electron chi connectivity index (χ4n) is 3.78. The molecule has 31 heavy (non-hydrogen) atoms. The van der Waals surface area contributed by atoms with E-state index in [1.54, 1.807) is 16.8 Å². The molecule has 0 radical (unpaired) electrons. The van der Waals surface area contributed by atoms with Crippen molar-refractivity contribution in [1.29, 1.82) is 0 Å². The van der Waals surface area contributed by atoms with Crippen LogP contribution in [0.25, 0.3) is 11.7 Å². The van der Waals surface area contributed by atoms with Crippen molar-refractivity contribution in [3.8, 4) is 0 Å². The molecule has 1 saturated heterocycles. The molecule has 1 aliphatic heterocycles. The molecule has 2 unspecified atom stereocenters. The molecular formula is C22H23ClN6O2. The predicted octanol–water partition coefficient (Wildman–Crippen LogP) is 2.52. The molecule has 8 nitrogen and oxygen atoms in total. The number of aromatic nitrogens is 3. The fourth-order valence-corrected chi connectivity index (χ4v) is 3.99. The number of halogens is 1. The minimum absolute atomic E-state index is 0.0742. The number of hydrogen-bond acceptors (Lipinski definition) is 6. The van der Waals surface area contributed by atoms with Gasteiger partial charge in [0, 0.05) is 40.9 Å². The monoisotopic (exact) mass is 438 g/mol. The minimum Gasteiger partial charge on any atom is -0.367 e. The van der Waals surface area contributed by atoms with Gasteiger partial charge < -0.3 is 10.6 Å². The van der Waals surface area contributed by atoms with Crippen LogP contribution in [-0.4, -0.2) is 38.5 Å². The van der Waals surface area contributed by atoms with Crippen LogP contribution < -0.4 is 16.0 Å². The van der Waals surface area contributed by atoms with Crippen LogP contribution >= 0.6 is 11.6 Å². The third kappa shape index (κ3) is 4.26. The summed E-state index contributed by atoms with van der Waals surface area (Å²) in [6.45, 7) is 2.69. The summed E-state index contributed by atoms with van der Waals surface area (Å²) < 4.78 is 1.76. The lowest BCUT2D eigenvalue weighted by atomic mass is 9.97. The topological polar surface area (TPSA) is 100 Å². The fraction of sp³-hybridized carbons (Fsp3) is 0.364. The Bertz CT molecular complexity index is 1160. The summed E-state index contributed by atoms with van der Waals surface area (Å²) in [6, 6.07) is 2.57. The van der Waals surface area contributed by atoms with Crippen LogP contribution in [0.4, 0.5) is 5.82 Å². The number of imide groups is 1. The largest absolute Gasteiger partial charge is 0.367 e. The van der Waals surface area contributed by atoms with Crippen molar-refractivity contribution in [3.63, 3.8) is 0 Å². The highest BCUT2D eigenvalue weighted by Gasteiger charge is 2.26. The number of fused-ring (bicyclic) bond motifs is 1. The number of nitrogens with one attached hydrogen (secondary N) is 3. The lowest BCUT2D eigenvalue weighted by Crippen LogP contribution is -2.33. The molecule has 2 atom stereocenters. The zero-order chi connectivity index (χ0) is 21.5. The molecule has 9 heteroatoms. The predicted molar refractivity (Wildman–Crippen MR) is 118 cm³/mol. The normalized spacial score (nSPS) is 24.7. The second-order valence-corrected chi connectivity index (χ2v) is 8.72. The standard InChI is InChI=1S/C22H23ClN6O2/c1-12-2-3-15(23)8-18(12)24-11-17-9-19(26-16-4-5-16)29-21(27-17)14(10-25-29)6-13-7-20(30)28-22(13)31/h2-3,6,8-10,12,16,18,24,26H,4-5,7,11H2,1H3,(H,28,30,31)/b13-6+. The van der Waals surface area contributed by atoms with Crippen molar-refractivity contribution in [3.05, 3.63) is 52.4 Å². The molecular weight excluding hydrogens is 416 g/mol. The van der Waals surface area contributed by atoms with Gasteiger partial charge in [-0.3, -0.25) is 14.9 Å². The van der Waals surface area contributed by atoms with Gasteiger partial charge in [0.2, 0.25) is 5.91 Å². The maximum atomic E-state index is 12.0. The second-order valence-electron chi connectivity index (χ2n) is 8.29. The van der Waals surface area contributed by atoms with Crippen molar-refractivity contribution in [2.45, 2.75) is 44.8 Å². The summed E-state index contributed by atoms with van der Waals surface area (Å²) in [5, 5.41) is 14.5. The van der Waals surface area contributed by atoms with Gasteiger partial charge in [0.25, 0.3) is 5.91 Å². The molecule has 1 saturated carbocycles. The number of carbonyl (C=O) groups is 2. The maximum absolute atomic E-state index is 12.0. The van der Waals surface area contributed by atoms with Crippen molar-refractivity contribution in [2.75, 3.05) is 5.32 Å². The number of amides is 2. The van der Waals surface area contributed by atoms with Crippen LogP contribution in [0.1, 0.15) is 37.4 Å². The number of allylic oxidation sites excluding steroid dienone is 2. The quantitative estimate of drug-likeness (QED) is 0.473. The lowest BCUT2D eigenvalue weighted by Gasteiger charge is -2.23. The van der Waals surface area contributed by atoms with Crippen LogP contribution in [0, 0.1) is 5.92 Å². The third-order valence-electron chi connectivity index (χ3n) is 5.69. The van der Waals surface area contributed by atoms with Crippen molar-refractivity contribution >= 4 is 41.0 Å². The summed E-state index contributed by atoms with van der Waals surface area (Å²) in [7, 11) is 0. The molecule has 2 aromatic rings. The smallest absolute Gasteiger partial charge is 0.254 e. The Hall–Kier alpha value is -2.97. The molecule has 0 aromatic carbocycles. The van der Waals surface area contributed by atoms with Gasteiger partial charge in [-0.2, -0.15) is 9.61 Å². The van der Waals surface area contributed by atoms with E-state index in [1.165, 1.54) is 0 Å². The Labute approximate surface area is 184 Å².